The quantitative estimate of drug-likeness (QED) is 0.431. The molecule has 33 heavy (non-hydrogen) atoms. The fourth-order valence-electron chi connectivity index (χ4n) is 2.82. The lowest BCUT2D eigenvalue weighted by Crippen LogP contribution is -2.36. The van der Waals surface area contributed by atoms with Gasteiger partial charge in [-0.3, -0.25) is 4.79 Å². The first kappa shape index (κ1) is 26.9. The van der Waals surface area contributed by atoms with Crippen molar-refractivity contribution < 1.29 is 32.2 Å². The molecule has 0 aliphatic carbocycles. The summed E-state index contributed by atoms with van der Waals surface area (Å²) in [5, 5.41) is 0. The van der Waals surface area contributed by atoms with E-state index in [1.54, 1.807) is 25.5 Å². The molecule has 0 fully saturated rings. The minimum atomic E-state index is -3.79. The zero-order valence-electron chi connectivity index (χ0n) is 19.4. The number of thiazole rings is 1. The molecule has 0 aliphatic rings. The SMILES string of the molecule is CCOC(=O)c1sc(=NC(=O)c2ccc(S(=O)(=O)N(CCOC)CCOC)cc2)n(C)c1C. The second kappa shape index (κ2) is 12.2. The van der Waals surface area contributed by atoms with Crippen molar-refractivity contribution in [3.8, 4) is 0 Å². The van der Waals surface area contributed by atoms with E-state index in [0.29, 0.717) is 15.4 Å². The van der Waals surface area contributed by atoms with Crippen LogP contribution >= 0.6 is 11.3 Å². The van der Waals surface area contributed by atoms with Crippen LogP contribution < -0.4 is 4.80 Å². The van der Waals surface area contributed by atoms with Crippen molar-refractivity contribution in [1.29, 1.82) is 0 Å². The van der Waals surface area contributed by atoms with Crippen molar-refractivity contribution in [2.45, 2.75) is 18.7 Å². The van der Waals surface area contributed by atoms with E-state index >= 15 is 0 Å². The molecule has 2 rings (SSSR count). The van der Waals surface area contributed by atoms with Gasteiger partial charge < -0.3 is 18.8 Å². The topological polar surface area (TPSA) is 116 Å². The lowest BCUT2D eigenvalue weighted by atomic mass is 10.2. The predicted octanol–water partition coefficient (Wildman–Crippen LogP) is 1.60. The third kappa shape index (κ3) is 6.58. The number of hydrogen-bond acceptors (Lipinski definition) is 8. The summed E-state index contributed by atoms with van der Waals surface area (Å²) < 4.78 is 43.9. The largest absolute Gasteiger partial charge is 0.462 e. The van der Waals surface area contributed by atoms with Gasteiger partial charge in [0, 0.05) is 45.6 Å². The molecule has 1 amide bonds. The summed E-state index contributed by atoms with van der Waals surface area (Å²) in [7, 11) is 0.898. The van der Waals surface area contributed by atoms with E-state index in [2.05, 4.69) is 4.99 Å². The maximum absolute atomic E-state index is 13.0. The van der Waals surface area contributed by atoms with Gasteiger partial charge in [-0.05, 0) is 38.1 Å². The Kier molecular flexibility index (Phi) is 9.92. The molecule has 182 valence electrons. The van der Waals surface area contributed by atoms with Gasteiger partial charge >= 0.3 is 5.97 Å². The maximum atomic E-state index is 13.0. The Hall–Kier alpha value is -2.38. The Labute approximate surface area is 197 Å². The zero-order chi connectivity index (χ0) is 24.6. The maximum Gasteiger partial charge on any atom is 0.350 e. The Balaban J connectivity index is 2.30. The lowest BCUT2D eigenvalue weighted by molar-refractivity contribution is 0.0530. The van der Waals surface area contributed by atoms with E-state index < -0.39 is 21.9 Å². The number of nitrogens with zero attached hydrogens (tertiary/aromatic N) is 3. The first-order chi connectivity index (χ1) is 15.7. The normalized spacial score (nSPS) is 12.4. The van der Waals surface area contributed by atoms with E-state index in [1.165, 1.54) is 42.8 Å². The summed E-state index contributed by atoms with van der Waals surface area (Å²) in [6.45, 7) is 4.53. The summed E-state index contributed by atoms with van der Waals surface area (Å²) in [5.41, 5.74) is 0.858. The van der Waals surface area contributed by atoms with Crippen LogP contribution in [-0.2, 0) is 31.3 Å². The molecule has 0 unspecified atom stereocenters. The predicted molar refractivity (Wildman–Crippen MR) is 123 cm³/mol. The molecule has 0 bridgehead atoms. The average molecular weight is 500 g/mol. The Morgan fingerprint density at radius 3 is 2.18 bits per heavy atom. The van der Waals surface area contributed by atoms with E-state index in [-0.39, 0.29) is 43.4 Å². The second-order valence-corrected chi connectivity index (χ2v) is 9.83. The first-order valence-electron chi connectivity index (χ1n) is 10.2. The lowest BCUT2D eigenvalue weighted by Gasteiger charge is -2.21. The monoisotopic (exact) mass is 499 g/mol. The molecule has 0 saturated heterocycles. The molecule has 0 radical (unpaired) electrons. The number of amides is 1. The summed E-state index contributed by atoms with van der Waals surface area (Å²) in [6, 6.07) is 5.56. The standard InChI is InChI=1S/C21H29N3O7S2/c1-6-31-20(26)18-15(2)23(3)21(32-18)22-19(25)16-7-9-17(10-8-16)33(27,28)24(11-13-29-4)12-14-30-5/h7-10H,6,11-14H2,1-5H3. The van der Waals surface area contributed by atoms with Gasteiger partial charge in [0.05, 0.1) is 24.7 Å². The number of esters is 1. The fourth-order valence-corrected chi connectivity index (χ4v) is 5.24. The van der Waals surface area contributed by atoms with Crippen molar-refractivity contribution in [2.75, 3.05) is 47.1 Å². The van der Waals surface area contributed by atoms with Crippen molar-refractivity contribution in [2.24, 2.45) is 12.0 Å². The number of sulfonamides is 1. The van der Waals surface area contributed by atoms with Gasteiger partial charge in [0.1, 0.15) is 4.88 Å². The molecule has 0 atom stereocenters. The Morgan fingerprint density at radius 2 is 1.67 bits per heavy atom. The smallest absolute Gasteiger partial charge is 0.350 e. The summed E-state index contributed by atoms with van der Waals surface area (Å²) in [6.07, 6.45) is 0. The van der Waals surface area contributed by atoms with Gasteiger partial charge in [-0.25, -0.2) is 13.2 Å². The number of hydrogen-bond donors (Lipinski definition) is 0. The molecule has 1 aromatic carbocycles. The second-order valence-electron chi connectivity index (χ2n) is 6.91. The van der Waals surface area contributed by atoms with E-state index in [9.17, 15) is 18.0 Å². The number of benzene rings is 1. The molecular formula is C21H29N3O7S2. The highest BCUT2D eigenvalue weighted by atomic mass is 32.2. The molecule has 1 heterocycles. The van der Waals surface area contributed by atoms with Crippen molar-refractivity contribution in [3.63, 3.8) is 0 Å². The molecule has 0 saturated carbocycles. The summed E-state index contributed by atoms with van der Waals surface area (Å²) in [4.78, 5) is 29.6. The van der Waals surface area contributed by atoms with Crippen molar-refractivity contribution in [1.82, 2.24) is 8.87 Å². The minimum absolute atomic E-state index is 0.0494. The van der Waals surface area contributed by atoms with Crippen LogP contribution in [0.25, 0.3) is 0 Å². The van der Waals surface area contributed by atoms with Gasteiger partial charge in [-0.1, -0.05) is 11.3 Å². The molecule has 0 aliphatic heterocycles. The highest BCUT2D eigenvalue weighted by Crippen LogP contribution is 2.17. The first-order valence-corrected chi connectivity index (χ1v) is 12.4. The number of ether oxygens (including phenoxy) is 3. The molecule has 0 spiro atoms. The van der Waals surface area contributed by atoms with Gasteiger partial charge in [0.15, 0.2) is 4.80 Å². The number of carbonyl (C=O) groups is 2. The molecular weight excluding hydrogens is 470 g/mol. The molecule has 0 N–H and O–H groups in total. The van der Waals surface area contributed by atoms with Gasteiger partial charge in [0.2, 0.25) is 10.0 Å². The number of aromatic nitrogens is 1. The van der Waals surface area contributed by atoms with Crippen LogP contribution in [0.1, 0.15) is 32.6 Å². The Morgan fingerprint density at radius 1 is 1.09 bits per heavy atom. The highest BCUT2D eigenvalue weighted by molar-refractivity contribution is 7.89. The third-order valence-electron chi connectivity index (χ3n) is 4.80. The van der Waals surface area contributed by atoms with Crippen LogP contribution in [0.15, 0.2) is 34.2 Å². The minimum Gasteiger partial charge on any atom is -0.462 e. The Bertz CT molecular complexity index is 1130. The number of rotatable bonds is 11. The van der Waals surface area contributed by atoms with Crippen molar-refractivity contribution in [3.05, 3.63) is 45.2 Å². The summed E-state index contributed by atoms with van der Waals surface area (Å²) in [5.74, 6) is -1.02. The van der Waals surface area contributed by atoms with Crippen LogP contribution in [0.4, 0.5) is 0 Å². The third-order valence-corrected chi connectivity index (χ3v) is 7.93. The highest BCUT2D eigenvalue weighted by Gasteiger charge is 2.24. The molecule has 2 aromatic rings. The van der Waals surface area contributed by atoms with Crippen LogP contribution in [0, 0.1) is 6.92 Å². The molecule has 12 heteroatoms. The zero-order valence-corrected chi connectivity index (χ0v) is 21.0. The van der Waals surface area contributed by atoms with Crippen LogP contribution in [0.5, 0.6) is 0 Å². The number of carbonyl (C=O) groups excluding carboxylic acids is 2. The van der Waals surface area contributed by atoms with Gasteiger partial charge in [-0.15, -0.1) is 0 Å². The van der Waals surface area contributed by atoms with E-state index in [4.69, 9.17) is 14.2 Å². The number of methoxy groups -OCH3 is 2. The molecule has 10 nitrogen and oxygen atoms in total. The molecule has 1 aromatic heterocycles. The van der Waals surface area contributed by atoms with Crippen LogP contribution in [0.3, 0.4) is 0 Å². The summed E-state index contributed by atoms with van der Waals surface area (Å²) >= 11 is 1.06. The van der Waals surface area contributed by atoms with Crippen LogP contribution in [0.2, 0.25) is 0 Å². The van der Waals surface area contributed by atoms with Gasteiger partial charge in [0.25, 0.3) is 5.91 Å². The van der Waals surface area contributed by atoms with Crippen molar-refractivity contribution >= 4 is 33.2 Å². The average Bonchev–Trinajstić information content (AvgIpc) is 3.07. The van der Waals surface area contributed by atoms with E-state index in [0.717, 1.165) is 11.3 Å². The van der Waals surface area contributed by atoms with Gasteiger partial charge in [-0.2, -0.15) is 9.30 Å². The fraction of sp³-hybridized carbons (Fsp3) is 0.476. The van der Waals surface area contributed by atoms with Crippen LogP contribution in [-0.4, -0.2) is 76.3 Å². The van der Waals surface area contributed by atoms with E-state index in [1.807, 2.05) is 0 Å².